The van der Waals surface area contributed by atoms with E-state index < -0.39 is 46.6 Å². The molecule has 0 saturated heterocycles. The van der Waals surface area contributed by atoms with Crippen LogP contribution in [-0.4, -0.2) is 58.8 Å². The van der Waals surface area contributed by atoms with E-state index in [9.17, 15) is 31.2 Å². The van der Waals surface area contributed by atoms with Gasteiger partial charge >= 0.3 is 6.36 Å². The molecule has 1 fully saturated rings. The lowest BCUT2D eigenvalue weighted by Crippen LogP contribution is -2.38. The van der Waals surface area contributed by atoms with Crippen LogP contribution < -0.4 is 24.4 Å². The van der Waals surface area contributed by atoms with Crippen molar-refractivity contribution in [3.63, 3.8) is 0 Å². The van der Waals surface area contributed by atoms with Gasteiger partial charge in [-0.05, 0) is 61.2 Å². The summed E-state index contributed by atoms with van der Waals surface area (Å²) in [6.45, 7) is 1.23. The van der Waals surface area contributed by atoms with Gasteiger partial charge in [0.2, 0.25) is 10.0 Å². The Balaban J connectivity index is 1.46. The van der Waals surface area contributed by atoms with Crippen LogP contribution in [0.3, 0.4) is 0 Å². The minimum atomic E-state index is -4.90. The molecule has 5 rings (SSSR count). The predicted molar refractivity (Wildman–Crippen MR) is 168 cm³/mol. The van der Waals surface area contributed by atoms with E-state index in [0.29, 0.717) is 45.5 Å². The Labute approximate surface area is 273 Å². The quantitative estimate of drug-likeness (QED) is 0.204. The molecule has 0 bridgehead atoms. The van der Waals surface area contributed by atoms with Gasteiger partial charge in [0.25, 0.3) is 11.8 Å². The number of ether oxygens (including phenoxy) is 2. The van der Waals surface area contributed by atoms with Crippen molar-refractivity contribution in [1.82, 2.24) is 4.72 Å². The normalized spacial score (nSPS) is 15.9. The Morgan fingerprint density at radius 2 is 1.77 bits per heavy atom. The molecule has 1 aliphatic carbocycles. The Kier molecular flexibility index (Phi) is 9.33. The van der Waals surface area contributed by atoms with E-state index in [2.05, 4.69) is 15.2 Å². The van der Waals surface area contributed by atoms with Crippen molar-refractivity contribution in [2.75, 3.05) is 36.7 Å². The molecule has 0 radical (unpaired) electrons. The second kappa shape index (κ2) is 13.0. The minimum absolute atomic E-state index is 0.293. The number of nitrogens with one attached hydrogen (secondary N) is 2. The minimum Gasteiger partial charge on any atom is -0.497 e. The summed E-state index contributed by atoms with van der Waals surface area (Å²) in [7, 11) is -2.32. The maximum Gasteiger partial charge on any atom is 0.573 e. The number of methoxy groups -OCH3 is 1. The van der Waals surface area contributed by atoms with Crippen LogP contribution in [0, 0.1) is 0 Å². The molecule has 2 aliphatic rings. The number of hydrogen-bond acceptors (Lipinski definition) is 9. The number of nitrogens with zero attached hydrogens (tertiary/aromatic N) is 2. The molecule has 1 heterocycles. The number of rotatable bonds is 11. The van der Waals surface area contributed by atoms with Crippen LogP contribution in [0.1, 0.15) is 42.5 Å². The first kappa shape index (κ1) is 33.9. The van der Waals surface area contributed by atoms with Crippen LogP contribution in [0.15, 0.2) is 65.8 Å². The third-order valence-electron chi connectivity index (χ3n) is 7.66. The van der Waals surface area contributed by atoms with E-state index in [4.69, 9.17) is 21.2 Å². The van der Waals surface area contributed by atoms with Gasteiger partial charge in [0, 0.05) is 40.4 Å². The molecule has 0 aromatic heterocycles. The highest BCUT2D eigenvalue weighted by Gasteiger charge is 2.54. The first-order valence-electron chi connectivity index (χ1n) is 14.2. The van der Waals surface area contributed by atoms with Crippen LogP contribution in [0.2, 0.25) is 5.02 Å². The molecule has 1 aliphatic heterocycles. The maximum absolute atomic E-state index is 14.4. The van der Waals surface area contributed by atoms with Gasteiger partial charge in [-0.2, -0.15) is 0 Å². The van der Waals surface area contributed by atoms with E-state index in [1.165, 1.54) is 24.1 Å². The zero-order chi connectivity index (χ0) is 34.1. The molecule has 47 heavy (non-hydrogen) atoms. The van der Waals surface area contributed by atoms with Crippen molar-refractivity contribution >= 4 is 50.5 Å². The first-order chi connectivity index (χ1) is 22.1. The number of amides is 2. The van der Waals surface area contributed by atoms with Gasteiger partial charge in [-0.25, -0.2) is 8.42 Å². The fourth-order valence-electron chi connectivity index (χ4n) is 5.38. The van der Waals surface area contributed by atoms with Crippen molar-refractivity contribution < 1.29 is 45.5 Å². The van der Waals surface area contributed by atoms with Crippen LogP contribution >= 0.6 is 11.6 Å². The average molecular weight is 695 g/mol. The first-order valence-corrected chi connectivity index (χ1v) is 16.4. The summed E-state index contributed by atoms with van der Waals surface area (Å²) in [5.74, 6) is -1.37. The molecule has 1 spiro atoms. The number of fused-ring (bicyclic) bond motifs is 2. The van der Waals surface area contributed by atoms with Gasteiger partial charge in [-0.1, -0.05) is 35.0 Å². The smallest absolute Gasteiger partial charge is 0.497 e. The fourth-order valence-corrected chi connectivity index (χ4v) is 5.98. The summed E-state index contributed by atoms with van der Waals surface area (Å²) in [4.78, 5) is 32.7. The topological polar surface area (TPSA) is 136 Å². The second-order valence-electron chi connectivity index (χ2n) is 11.3. The van der Waals surface area contributed by atoms with Gasteiger partial charge < -0.3 is 24.5 Å². The summed E-state index contributed by atoms with van der Waals surface area (Å²) in [5, 5.41) is 7.59. The third-order valence-corrected chi connectivity index (χ3v) is 8.51. The van der Waals surface area contributed by atoms with Gasteiger partial charge in [-0.15, -0.1) is 13.2 Å². The summed E-state index contributed by atoms with van der Waals surface area (Å²) in [5.41, 5.74) is 2.55. The van der Waals surface area contributed by atoms with E-state index in [1.807, 2.05) is 0 Å². The lowest BCUT2D eigenvalue weighted by molar-refractivity contribution is -0.274. The maximum atomic E-state index is 14.4. The molecule has 1 saturated carbocycles. The predicted octanol–water partition coefficient (Wildman–Crippen LogP) is 5.30. The number of hydrogen-bond donors (Lipinski definition) is 2. The van der Waals surface area contributed by atoms with E-state index in [1.54, 1.807) is 60.2 Å². The standard InChI is InChI=1S/C31H30ClF3N4O7S/c1-18(37-45-16-27(40)38-47(3,42)43)20-12-22(14-24(13-20)44-2)36-28(19-4-6-21(32)7-5-19)29(41)39-17-30(10-11-30)25-9-8-23(15-26(25)39)46-31(33,34)35/h4-9,12-15,28,36H,10-11,16-17H2,1-3H3,(H,38,40). The molecule has 250 valence electrons. The van der Waals surface area contributed by atoms with Crippen LogP contribution in [0.4, 0.5) is 24.5 Å². The zero-order valence-corrected chi connectivity index (χ0v) is 26.9. The van der Waals surface area contributed by atoms with Crippen LogP contribution in [-0.2, 0) is 29.9 Å². The molecule has 2 amide bonds. The molecule has 11 nitrogen and oxygen atoms in total. The average Bonchev–Trinajstić information content (AvgIpc) is 3.70. The SMILES string of the molecule is COc1cc(NC(C(=O)N2CC3(CC3)c3ccc(OC(F)(F)F)cc32)c2ccc(Cl)cc2)cc(C(C)=NOCC(=O)NS(C)(=O)=O)c1. The highest BCUT2D eigenvalue weighted by atomic mass is 35.5. The number of carbonyl (C=O) groups excluding carboxylic acids is 2. The van der Waals surface area contributed by atoms with Crippen molar-refractivity contribution in [3.05, 3.63) is 82.4 Å². The Morgan fingerprint density at radius 3 is 2.38 bits per heavy atom. The number of benzene rings is 3. The molecule has 2 N–H and O–H groups in total. The number of carbonyl (C=O) groups is 2. The number of alkyl halides is 3. The summed E-state index contributed by atoms with van der Waals surface area (Å²) in [6, 6.07) is 14.6. The highest BCUT2D eigenvalue weighted by molar-refractivity contribution is 7.89. The van der Waals surface area contributed by atoms with Gasteiger partial charge in [0.05, 0.1) is 24.8 Å². The zero-order valence-electron chi connectivity index (χ0n) is 25.4. The summed E-state index contributed by atoms with van der Waals surface area (Å²) >= 11 is 6.14. The lowest BCUT2D eigenvalue weighted by atomic mass is 9.99. The van der Waals surface area contributed by atoms with Crippen molar-refractivity contribution in [3.8, 4) is 11.5 Å². The second-order valence-corrected chi connectivity index (χ2v) is 13.4. The van der Waals surface area contributed by atoms with Gasteiger partial charge in [0.1, 0.15) is 17.5 Å². The molecular formula is C31H30ClF3N4O7S. The summed E-state index contributed by atoms with van der Waals surface area (Å²) < 4.78 is 73.1. The molecule has 3 aromatic carbocycles. The van der Waals surface area contributed by atoms with Crippen molar-refractivity contribution in [2.24, 2.45) is 5.16 Å². The molecule has 16 heteroatoms. The highest BCUT2D eigenvalue weighted by Crippen LogP contribution is 2.57. The Bertz CT molecular complexity index is 1830. The largest absolute Gasteiger partial charge is 0.573 e. The number of sulfonamides is 1. The van der Waals surface area contributed by atoms with E-state index >= 15 is 0 Å². The third kappa shape index (κ3) is 8.27. The number of oxime groups is 1. The van der Waals surface area contributed by atoms with Crippen LogP contribution in [0.5, 0.6) is 11.5 Å². The summed E-state index contributed by atoms with van der Waals surface area (Å²) in [6.07, 6.45) is -2.49. The lowest BCUT2D eigenvalue weighted by Gasteiger charge is -2.27. The Hall–Kier alpha value is -4.50. The van der Waals surface area contributed by atoms with Gasteiger partial charge in [0.15, 0.2) is 6.61 Å². The molecule has 3 aromatic rings. The van der Waals surface area contributed by atoms with E-state index in [-0.39, 0.29) is 5.41 Å². The molecular weight excluding hydrogens is 665 g/mol. The van der Waals surface area contributed by atoms with Gasteiger partial charge in [-0.3, -0.25) is 14.3 Å². The number of halogens is 4. The van der Waals surface area contributed by atoms with E-state index in [0.717, 1.165) is 24.7 Å². The Morgan fingerprint density at radius 1 is 1.06 bits per heavy atom. The molecule has 1 atom stereocenters. The van der Waals surface area contributed by atoms with Crippen LogP contribution in [0.25, 0.3) is 0 Å². The van der Waals surface area contributed by atoms with Crippen molar-refractivity contribution in [2.45, 2.75) is 37.6 Å². The monoisotopic (exact) mass is 694 g/mol. The molecule has 1 unspecified atom stereocenters. The van der Waals surface area contributed by atoms with Crippen molar-refractivity contribution in [1.29, 1.82) is 0 Å². The fraction of sp³-hybridized carbons (Fsp3) is 0.323. The number of anilines is 2.